The molecule has 4 aromatic rings. The van der Waals surface area contributed by atoms with E-state index in [1.54, 1.807) is 36.4 Å². The third-order valence-electron chi connectivity index (χ3n) is 4.87. The van der Waals surface area contributed by atoms with Crippen molar-refractivity contribution in [2.75, 3.05) is 4.90 Å². The van der Waals surface area contributed by atoms with Crippen LogP contribution < -0.4 is 4.90 Å². The Hall–Kier alpha value is -4.39. The van der Waals surface area contributed by atoms with E-state index in [0.29, 0.717) is 11.4 Å². The van der Waals surface area contributed by atoms with Gasteiger partial charge in [0.25, 0.3) is 0 Å². The normalized spacial score (nSPS) is 10.7. The predicted molar refractivity (Wildman–Crippen MR) is 115 cm³/mol. The van der Waals surface area contributed by atoms with Crippen molar-refractivity contribution in [3.05, 3.63) is 84.7 Å². The molecular weight excluding hydrogens is 401 g/mol. The van der Waals surface area contributed by atoms with Gasteiger partial charge < -0.3 is 30.4 Å². The van der Waals surface area contributed by atoms with Crippen LogP contribution >= 0.6 is 0 Å². The van der Waals surface area contributed by atoms with Crippen molar-refractivity contribution in [2.24, 2.45) is 0 Å². The van der Waals surface area contributed by atoms with E-state index in [2.05, 4.69) is 0 Å². The zero-order valence-corrected chi connectivity index (χ0v) is 16.1. The van der Waals surface area contributed by atoms with Crippen molar-refractivity contribution in [2.45, 2.75) is 0 Å². The Morgan fingerprint density at radius 2 is 1.03 bits per heavy atom. The Kier molecular flexibility index (Phi) is 5.00. The third kappa shape index (κ3) is 3.53. The van der Waals surface area contributed by atoms with Gasteiger partial charge in [-0.1, -0.05) is 36.4 Å². The topological polar surface area (TPSA) is 104 Å². The Balaban J connectivity index is 1.83. The van der Waals surface area contributed by atoms with Gasteiger partial charge in [-0.05, 0) is 48.0 Å². The summed E-state index contributed by atoms with van der Waals surface area (Å²) in [5.41, 5.74) is 2.07. The molecule has 0 aromatic heterocycles. The Morgan fingerprint density at radius 1 is 0.516 bits per heavy atom. The number of phenolic OH excluding ortho intramolecular Hbond substituents is 5. The number of halogens is 1. The van der Waals surface area contributed by atoms with Crippen molar-refractivity contribution in [1.82, 2.24) is 0 Å². The third-order valence-corrected chi connectivity index (χ3v) is 4.87. The Bertz CT molecular complexity index is 1210. The van der Waals surface area contributed by atoms with E-state index in [-0.39, 0.29) is 16.9 Å². The second kappa shape index (κ2) is 7.79. The summed E-state index contributed by atoms with van der Waals surface area (Å²) in [6.45, 7) is 0. The fraction of sp³-hybridized carbons (Fsp3) is 0. The van der Waals surface area contributed by atoms with Crippen LogP contribution in [0.4, 0.5) is 21.5 Å². The first-order valence-corrected chi connectivity index (χ1v) is 9.28. The molecule has 31 heavy (non-hydrogen) atoms. The zero-order chi connectivity index (χ0) is 22.1. The van der Waals surface area contributed by atoms with Crippen LogP contribution in [-0.4, -0.2) is 25.5 Å². The van der Waals surface area contributed by atoms with E-state index in [1.165, 1.54) is 12.1 Å². The van der Waals surface area contributed by atoms with Crippen LogP contribution in [0.5, 0.6) is 28.7 Å². The predicted octanol–water partition coefficient (Wildman–Crippen LogP) is 5.49. The average molecular weight is 419 g/mol. The van der Waals surface area contributed by atoms with Gasteiger partial charge in [-0.25, -0.2) is 4.39 Å². The minimum absolute atomic E-state index is 0.239. The van der Waals surface area contributed by atoms with E-state index in [0.717, 1.165) is 5.69 Å². The summed E-state index contributed by atoms with van der Waals surface area (Å²) in [4.78, 5) is 1.82. The van der Waals surface area contributed by atoms with Gasteiger partial charge in [0.2, 0.25) is 17.2 Å². The summed E-state index contributed by atoms with van der Waals surface area (Å²) in [6.07, 6.45) is 0. The number of anilines is 3. The highest BCUT2D eigenvalue weighted by Crippen LogP contribution is 2.54. The van der Waals surface area contributed by atoms with Crippen LogP contribution in [0.1, 0.15) is 0 Å². The molecule has 5 N–H and O–H groups in total. The second-order valence-electron chi connectivity index (χ2n) is 6.82. The van der Waals surface area contributed by atoms with Crippen molar-refractivity contribution < 1.29 is 29.9 Å². The average Bonchev–Trinajstić information content (AvgIpc) is 2.78. The van der Waals surface area contributed by atoms with Gasteiger partial charge in [0.1, 0.15) is 5.82 Å². The molecule has 0 amide bonds. The monoisotopic (exact) mass is 419 g/mol. The number of aromatic hydroxyl groups is 5. The first-order chi connectivity index (χ1) is 14.9. The van der Waals surface area contributed by atoms with Gasteiger partial charge in [0.05, 0.1) is 5.56 Å². The minimum Gasteiger partial charge on any atom is -0.504 e. The summed E-state index contributed by atoms with van der Waals surface area (Å²) in [7, 11) is 0. The van der Waals surface area contributed by atoms with Crippen molar-refractivity contribution >= 4 is 17.1 Å². The number of para-hydroxylation sites is 1. The number of nitrogens with zero attached hydrogens (tertiary/aromatic N) is 1. The van der Waals surface area contributed by atoms with Crippen LogP contribution in [0.2, 0.25) is 0 Å². The molecule has 7 heteroatoms. The highest BCUT2D eigenvalue weighted by atomic mass is 19.1. The van der Waals surface area contributed by atoms with Crippen LogP contribution in [0, 0.1) is 5.82 Å². The number of phenols is 5. The first kappa shape index (κ1) is 19.9. The fourth-order valence-corrected chi connectivity index (χ4v) is 3.38. The molecule has 0 bridgehead atoms. The maximum absolute atomic E-state index is 13.9. The van der Waals surface area contributed by atoms with Crippen molar-refractivity contribution in [1.29, 1.82) is 0 Å². The number of benzene rings is 4. The number of rotatable bonds is 4. The molecule has 0 atom stereocenters. The lowest BCUT2D eigenvalue weighted by molar-refractivity contribution is 0.330. The van der Waals surface area contributed by atoms with E-state index in [9.17, 15) is 29.9 Å². The number of hydrogen-bond acceptors (Lipinski definition) is 6. The van der Waals surface area contributed by atoms with Crippen molar-refractivity contribution in [3.8, 4) is 39.9 Å². The smallest absolute Gasteiger partial charge is 0.208 e. The molecule has 0 radical (unpaired) electrons. The van der Waals surface area contributed by atoms with Crippen LogP contribution in [0.25, 0.3) is 11.1 Å². The molecule has 0 aliphatic heterocycles. The van der Waals surface area contributed by atoms with Gasteiger partial charge in [0.15, 0.2) is 11.5 Å². The fourth-order valence-electron chi connectivity index (χ4n) is 3.38. The molecule has 0 spiro atoms. The molecule has 0 heterocycles. The maximum atomic E-state index is 13.9. The minimum atomic E-state index is -1.02. The van der Waals surface area contributed by atoms with Crippen LogP contribution in [-0.2, 0) is 0 Å². The second-order valence-corrected chi connectivity index (χ2v) is 6.82. The quantitative estimate of drug-likeness (QED) is 0.221. The molecule has 0 unspecified atom stereocenters. The SMILES string of the molecule is Oc1c(O)c(O)c(-c2ccc(N(c3ccccc3)c3cccc(F)c3)cc2)c(O)c1O. The maximum Gasteiger partial charge on any atom is 0.208 e. The zero-order valence-electron chi connectivity index (χ0n) is 16.1. The first-order valence-electron chi connectivity index (χ1n) is 9.28. The molecule has 0 aliphatic carbocycles. The van der Waals surface area contributed by atoms with Gasteiger partial charge in [-0.2, -0.15) is 0 Å². The van der Waals surface area contributed by atoms with Gasteiger partial charge in [-0.15, -0.1) is 0 Å². The standard InChI is InChI=1S/C24H18FNO5/c25-15-5-4-8-18(13-15)26(16-6-2-1-3-7-16)17-11-9-14(10-12-17)19-20(27)22(29)24(31)23(30)21(19)28/h1-13,27-31H. The molecule has 4 rings (SSSR count). The lowest BCUT2D eigenvalue weighted by Crippen LogP contribution is -2.09. The lowest BCUT2D eigenvalue weighted by atomic mass is 10.0. The number of hydrogen-bond donors (Lipinski definition) is 5. The largest absolute Gasteiger partial charge is 0.504 e. The van der Waals surface area contributed by atoms with Gasteiger partial charge in [-0.3, -0.25) is 0 Å². The summed E-state index contributed by atoms with van der Waals surface area (Å²) in [6, 6.07) is 21.9. The molecule has 0 saturated carbocycles. The van der Waals surface area contributed by atoms with Gasteiger partial charge in [0, 0.05) is 17.1 Å². The van der Waals surface area contributed by atoms with Gasteiger partial charge >= 0.3 is 0 Å². The Labute approximate surface area is 176 Å². The summed E-state index contributed by atoms with van der Waals surface area (Å²) in [5, 5.41) is 49.5. The summed E-state index contributed by atoms with van der Waals surface area (Å²) >= 11 is 0. The Morgan fingerprint density at radius 3 is 1.61 bits per heavy atom. The van der Waals surface area contributed by atoms with Crippen LogP contribution in [0.15, 0.2) is 78.9 Å². The highest BCUT2D eigenvalue weighted by Gasteiger charge is 2.24. The van der Waals surface area contributed by atoms with E-state index >= 15 is 0 Å². The molecule has 0 fully saturated rings. The molecule has 0 aliphatic rings. The molecule has 4 aromatic carbocycles. The van der Waals surface area contributed by atoms with E-state index < -0.39 is 28.7 Å². The molecule has 0 saturated heterocycles. The van der Waals surface area contributed by atoms with Crippen molar-refractivity contribution in [3.63, 3.8) is 0 Å². The summed E-state index contributed by atoms with van der Waals surface area (Å²) < 4.78 is 13.9. The molecular formula is C24H18FNO5. The highest BCUT2D eigenvalue weighted by molar-refractivity contribution is 5.86. The van der Waals surface area contributed by atoms with Crippen LogP contribution in [0.3, 0.4) is 0 Å². The summed E-state index contributed by atoms with van der Waals surface area (Å²) in [5.74, 6) is -4.84. The molecule has 6 nitrogen and oxygen atoms in total. The lowest BCUT2D eigenvalue weighted by Gasteiger charge is -2.25. The van der Waals surface area contributed by atoms with E-state index in [4.69, 9.17) is 0 Å². The van der Waals surface area contributed by atoms with E-state index in [1.807, 2.05) is 35.2 Å². The molecule has 156 valence electrons.